The van der Waals surface area contributed by atoms with Gasteiger partial charge in [0.15, 0.2) is 0 Å². The lowest BCUT2D eigenvalue weighted by Gasteiger charge is -2.34. The fourth-order valence-electron chi connectivity index (χ4n) is 4.82. The number of hydrogen-bond donors (Lipinski definition) is 1. The minimum Gasteiger partial charge on any atom is -0.352 e. The maximum atomic E-state index is 13.8. The number of sulfonamides is 1. The Kier molecular flexibility index (Phi) is 9.84. The van der Waals surface area contributed by atoms with Crippen molar-refractivity contribution in [1.29, 1.82) is 0 Å². The molecule has 1 aliphatic carbocycles. The number of aryl methyl sites for hydroxylation is 1. The fraction of sp³-hybridized carbons (Fsp3) is 0.481. The predicted octanol–water partition coefficient (Wildman–Crippen LogP) is 3.93. The highest BCUT2D eigenvalue weighted by Gasteiger charge is 2.33. The first-order valence-electron chi connectivity index (χ1n) is 12.9. The molecule has 0 aliphatic heterocycles. The smallest absolute Gasteiger partial charge is 0.271 e. The zero-order chi connectivity index (χ0) is 27.9. The molecular weight excluding hydrogens is 508 g/mol. The second-order valence-corrected chi connectivity index (χ2v) is 11.7. The Bertz CT molecular complexity index is 1250. The van der Waals surface area contributed by atoms with Crippen molar-refractivity contribution in [1.82, 2.24) is 10.2 Å². The van der Waals surface area contributed by atoms with Crippen molar-refractivity contribution in [3.8, 4) is 0 Å². The third-order valence-corrected chi connectivity index (χ3v) is 8.01. The first-order valence-corrected chi connectivity index (χ1v) is 14.7. The minimum atomic E-state index is -4.00. The van der Waals surface area contributed by atoms with E-state index in [1.54, 1.807) is 6.92 Å². The topological polar surface area (TPSA) is 130 Å². The summed E-state index contributed by atoms with van der Waals surface area (Å²) in [4.78, 5) is 39.4. The van der Waals surface area contributed by atoms with E-state index in [4.69, 9.17) is 0 Å². The second kappa shape index (κ2) is 12.9. The van der Waals surface area contributed by atoms with Gasteiger partial charge in [-0.3, -0.25) is 24.0 Å². The summed E-state index contributed by atoms with van der Waals surface area (Å²) in [6.07, 6.45) is 6.30. The van der Waals surface area contributed by atoms with Crippen LogP contribution in [0.25, 0.3) is 0 Å². The largest absolute Gasteiger partial charge is 0.352 e. The molecular formula is C27H36N4O6S. The molecule has 38 heavy (non-hydrogen) atoms. The number of hydrogen-bond acceptors (Lipinski definition) is 6. The molecule has 206 valence electrons. The van der Waals surface area contributed by atoms with Crippen LogP contribution < -0.4 is 9.62 Å². The monoisotopic (exact) mass is 544 g/mol. The van der Waals surface area contributed by atoms with Crippen LogP contribution in [0.15, 0.2) is 48.5 Å². The summed E-state index contributed by atoms with van der Waals surface area (Å²) in [7, 11) is -4.00. The van der Waals surface area contributed by atoms with Gasteiger partial charge in [0.05, 0.1) is 16.9 Å². The Hall–Kier alpha value is -3.47. The Morgan fingerprint density at radius 2 is 1.76 bits per heavy atom. The van der Waals surface area contributed by atoms with E-state index in [0.717, 1.165) is 54.3 Å². The van der Waals surface area contributed by atoms with Gasteiger partial charge >= 0.3 is 0 Å². The molecule has 11 heteroatoms. The van der Waals surface area contributed by atoms with E-state index in [9.17, 15) is 28.1 Å². The lowest BCUT2D eigenvalue weighted by molar-refractivity contribution is -0.384. The molecule has 1 N–H and O–H groups in total. The Morgan fingerprint density at radius 3 is 2.34 bits per heavy atom. The molecule has 2 amide bonds. The molecule has 1 atom stereocenters. The van der Waals surface area contributed by atoms with Crippen LogP contribution in [0.1, 0.15) is 56.6 Å². The van der Waals surface area contributed by atoms with Crippen molar-refractivity contribution in [2.45, 2.75) is 71.0 Å². The highest BCUT2D eigenvalue weighted by Crippen LogP contribution is 2.28. The second-order valence-electron chi connectivity index (χ2n) is 9.77. The molecule has 0 bridgehead atoms. The third kappa shape index (κ3) is 7.53. The SMILES string of the molecule is CC[C@@H](C(=O)NC1CCCCC1)N(Cc1ccccc1)C(=O)CN(c1cc([N+](=O)[O-])ccc1C)S(C)(=O)=O. The predicted molar refractivity (Wildman–Crippen MR) is 146 cm³/mol. The lowest BCUT2D eigenvalue weighted by atomic mass is 9.95. The molecule has 3 rings (SSSR count). The van der Waals surface area contributed by atoms with E-state index < -0.39 is 33.4 Å². The number of non-ortho nitro benzene ring substituents is 1. The lowest BCUT2D eigenvalue weighted by Crippen LogP contribution is -2.54. The zero-order valence-corrected chi connectivity index (χ0v) is 22.9. The van der Waals surface area contributed by atoms with Gasteiger partial charge in [-0.05, 0) is 37.3 Å². The molecule has 1 aliphatic rings. The van der Waals surface area contributed by atoms with Crippen LogP contribution in [-0.2, 0) is 26.2 Å². The Balaban J connectivity index is 1.95. The van der Waals surface area contributed by atoms with Crippen LogP contribution in [0.2, 0.25) is 0 Å². The van der Waals surface area contributed by atoms with Crippen molar-refractivity contribution < 1.29 is 22.9 Å². The van der Waals surface area contributed by atoms with E-state index in [2.05, 4.69) is 5.32 Å². The summed E-state index contributed by atoms with van der Waals surface area (Å²) < 4.78 is 26.5. The third-order valence-electron chi connectivity index (χ3n) is 6.88. The van der Waals surface area contributed by atoms with Gasteiger partial charge in [0.2, 0.25) is 21.8 Å². The van der Waals surface area contributed by atoms with E-state index in [-0.39, 0.29) is 29.9 Å². The Labute approximate surface area is 224 Å². The number of anilines is 1. The molecule has 0 aromatic heterocycles. The van der Waals surface area contributed by atoms with Crippen LogP contribution in [0.4, 0.5) is 11.4 Å². The van der Waals surface area contributed by atoms with Crippen LogP contribution in [0, 0.1) is 17.0 Å². The number of rotatable bonds is 11. The summed E-state index contributed by atoms with van der Waals surface area (Å²) in [5, 5.41) is 14.5. The van der Waals surface area contributed by atoms with Crippen molar-refractivity contribution >= 4 is 33.2 Å². The van der Waals surface area contributed by atoms with Gasteiger partial charge < -0.3 is 10.2 Å². The highest BCUT2D eigenvalue weighted by molar-refractivity contribution is 7.92. The van der Waals surface area contributed by atoms with Crippen molar-refractivity contribution in [2.24, 2.45) is 0 Å². The van der Waals surface area contributed by atoms with Crippen LogP contribution >= 0.6 is 0 Å². The van der Waals surface area contributed by atoms with Gasteiger partial charge in [0.1, 0.15) is 12.6 Å². The number of nitro benzene ring substituents is 1. The molecule has 0 spiro atoms. The summed E-state index contributed by atoms with van der Waals surface area (Å²) in [6, 6.07) is 12.3. The van der Waals surface area contributed by atoms with E-state index in [0.29, 0.717) is 12.0 Å². The standard InChI is InChI=1S/C27H36N4O6S/c1-4-24(27(33)28-22-13-9-6-10-14-22)29(18-21-11-7-5-8-12-21)26(32)19-30(38(3,36)37)25-17-23(31(34)35)16-15-20(25)2/h5,7-8,11-12,15-17,22,24H,4,6,9-10,13-14,18-19H2,1-3H3,(H,28,33)/t24-/m0/s1. The average molecular weight is 545 g/mol. The molecule has 2 aromatic carbocycles. The van der Waals surface area contributed by atoms with Gasteiger partial charge in [-0.15, -0.1) is 0 Å². The number of carbonyl (C=O) groups excluding carboxylic acids is 2. The van der Waals surface area contributed by atoms with Crippen molar-refractivity contribution in [2.75, 3.05) is 17.1 Å². The number of nitrogens with one attached hydrogen (secondary N) is 1. The summed E-state index contributed by atoms with van der Waals surface area (Å²) in [5.74, 6) is -0.836. The summed E-state index contributed by atoms with van der Waals surface area (Å²) in [6.45, 7) is 2.95. The number of carbonyl (C=O) groups is 2. The van der Waals surface area contributed by atoms with Crippen LogP contribution in [0.3, 0.4) is 0 Å². The molecule has 10 nitrogen and oxygen atoms in total. The molecule has 1 saturated carbocycles. The quantitative estimate of drug-likeness (QED) is 0.337. The molecule has 2 aromatic rings. The molecule has 1 fully saturated rings. The number of nitro groups is 1. The molecule has 0 saturated heterocycles. The molecule has 0 radical (unpaired) electrons. The summed E-state index contributed by atoms with van der Waals surface area (Å²) >= 11 is 0. The van der Waals surface area contributed by atoms with E-state index in [1.165, 1.54) is 17.0 Å². The van der Waals surface area contributed by atoms with Crippen LogP contribution in [-0.4, -0.2) is 54.9 Å². The van der Waals surface area contributed by atoms with Gasteiger partial charge in [0, 0.05) is 24.7 Å². The maximum Gasteiger partial charge on any atom is 0.271 e. The number of benzene rings is 2. The number of amides is 2. The Morgan fingerprint density at radius 1 is 1.11 bits per heavy atom. The highest BCUT2D eigenvalue weighted by atomic mass is 32.2. The summed E-state index contributed by atoms with van der Waals surface area (Å²) in [5.41, 5.74) is 1.02. The first kappa shape index (κ1) is 29.1. The van der Waals surface area contributed by atoms with E-state index in [1.807, 2.05) is 37.3 Å². The first-order chi connectivity index (χ1) is 18.0. The maximum absolute atomic E-state index is 13.8. The average Bonchev–Trinajstić information content (AvgIpc) is 2.88. The molecule has 0 unspecified atom stereocenters. The van der Waals surface area contributed by atoms with E-state index >= 15 is 0 Å². The normalized spacial score (nSPS) is 14.9. The van der Waals surface area contributed by atoms with Crippen molar-refractivity contribution in [3.05, 3.63) is 69.8 Å². The minimum absolute atomic E-state index is 0.0504. The van der Waals surface area contributed by atoms with Gasteiger partial charge in [-0.1, -0.05) is 62.6 Å². The molecule has 0 heterocycles. The van der Waals surface area contributed by atoms with Crippen molar-refractivity contribution in [3.63, 3.8) is 0 Å². The van der Waals surface area contributed by atoms with Gasteiger partial charge in [-0.25, -0.2) is 8.42 Å². The van der Waals surface area contributed by atoms with Gasteiger partial charge in [-0.2, -0.15) is 0 Å². The fourth-order valence-corrected chi connectivity index (χ4v) is 5.72. The zero-order valence-electron chi connectivity index (χ0n) is 22.1. The number of nitrogens with zero attached hydrogens (tertiary/aromatic N) is 3. The van der Waals surface area contributed by atoms with Crippen LogP contribution in [0.5, 0.6) is 0 Å². The van der Waals surface area contributed by atoms with Gasteiger partial charge in [0.25, 0.3) is 5.69 Å².